The zero-order valence-electron chi connectivity index (χ0n) is 19.1. The quantitative estimate of drug-likeness (QED) is 0.449. The minimum atomic E-state index is -0.475. The molecule has 0 saturated carbocycles. The first kappa shape index (κ1) is 22.4. The summed E-state index contributed by atoms with van der Waals surface area (Å²) in [6.45, 7) is 1.64. The molecule has 2 N–H and O–H groups in total. The van der Waals surface area contributed by atoms with E-state index in [1.807, 2.05) is 60.8 Å². The Labute approximate surface area is 201 Å². The van der Waals surface area contributed by atoms with Gasteiger partial charge in [-0.15, -0.1) is 0 Å². The molecule has 1 saturated heterocycles. The molecule has 178 valence electrons. The van der Waals surface area contributed by atoms with Crippen molar-refractivity contribution in [3.63, 3.8) is 0 Å². The minimum absolute atomic E-state index is 0.0374. The summed E-state index contributed by atoms with van der Waals surface area (Å²) in [6.07, 6.45) is 2.19. The normalized spacial score (nSPS) is 13.7. The van der Waals surface area contributed by atoms with Crippen LogP contribution in [0, 0.1) is 0 Å². The number of amides is 3. The first-order chi connectivity index (χ1) is 17.1. The van der Waals surface area contributed by atoms with Crippen LogP contribution in [0.4, 0.5) is 0 Å². The molecular weight excluding hydrogens is 446 g/mol. The van der Waals surface area contributed by atoms with E-state index in [1.165, 1.54) is 0 Å². The van der Waals surface area contributed by atoms with Crippen molar-refractivity contribution in [2.45, 2.75) is 6.42 Å². The first-order valence-corrected chi connectivity index (χ1v) is 11.5. The van der Waals surface area contributed by atoms with Crippen molar-refractivity contribution in [2.75, 3.05) is 32.7 Å². The molecule has 5 rings (SSSR count). The number of aromatic amines is 1. The van der Waals surface area contributed by atoms with Gasteiger partial charge in [-0.2, -0.15) is 0 Å². The maximum absolute atomic E-state index is 12.8. The molecule has 0 bridgehead atoms. The Morgan fingerprint density at radius 2 is 1.60 bits per heavy atom. The Morgan fingerprint density at radius 3 is 2.37 bits per heavy atom. The summed E-state index contributed by atoms with van der Waals surface area (Å²) in [5.41, 5.74) is 2.90. The van der Waals surface area contributed by atoms with E-state index < -0.39 is 5.91 Å². The summed E-state index contributed by atoms with van der Waals surface area (Å²) >= 11 is 0. The van der Waals surface area contributed by atoms with Crippen molar-refractivity contribution in [3.05, 3.63) is 78.1 Å². The molecule has 0 aliphatic carbocycles. The molecule has 9 nitrogen and oxygen atoms in total. The lowest BCUT2D eigenvalue weighted by Crippen LogP contribution is -2.52. The predicted octanol–water partition coefficient (Wildman–Crippen LogP) is 2.47. The Morgan fingerprint density at radius 1 is 0.914 bits per heavy atom. The number of H-pyrrole nitrogens is 1. The van der Waals surface area contributed by atoms with Gasteiger partial charge in [0.25, 0.3) is 5.91 Å². The summed E-state index contributed by atoms with van der Waals surface area (Å²) in [5, 5.41) is 7.46. The van der Waals surface area contributed by atoms with E-state index in [0.717, 1.165) is 22.0 Å². The maximum atomic E-state index is 12.8. The molecule has 0 radical (unpaired) electrons. The van der Waals surface area contributed by atoms with Gasteiger partial charge >= 0.3 is 0 Å². The Bertz CT molecular complexity index is 1350. The highest BCUT2D eigenvalue weighted by Crippen LogP contribution is 2.20. The number of rotatable bonds is 6. The second-order valence-corrected chi connectivity index (χ2v) is 8.42. The molecular formula is C26H25N5O4. The zero-order valence-corrected chi connectivity index (χ0v) is 19.1. The number of nitrogens with zero attached hydrogens (tertiary/aromatic N) is 3. The van der Waals surface area contributed by atoms with Gasteiger partial charge in [-0.3, -0.25) is 14.4 Å². The van der Waals surface area contributed by atoms with E-state index in [0.29, 0.717) is 38.4 Å². The van der Waals surface area contributed by atoms with Crippen molar-refractivity contribution in [2.24, 2.45) is 0 Å². The van der Waals surface area contributed by atoms with Gasteiger partial charge < -0.3 is 24.6 Å². The third-order valence-electron chi connectivity index (χ3n) is 6.20. The van der Waals surface area contributed by atoms with E-state index in [2.05, 4.69) is 15.5 Å². The lowest BCUT2D eigenvalue weighted by atomic mass is 10.1. The van der Waals surface area contributed by atoms with Crippen LogP contribution in [0.3, 0.4) is 0 Å². The molecule has 3 heterocycles. The van der Waals surface area contributed by atoms with E-state index in [-0.39, 0.29) is 24.1 Å². The molecule has 0 unspecified atom stereocenters. The van der Waals surface area contributed by atoms with Crippen LogP contribution in [0.25, 0.3) is 22.2 Å². The Balaban J connectivity index is 1.09. The fraction of sp³-hybridized carbons (Fsp3) is 0.231. The van der Waals surface area contributed by atoms with Gasteiger partial charge in [0.2, 0.25) is 11.8 Å². The number of carbonyl (C=O) groups is 3. The second kappa shape index (κ2) is 9.84. The SMILES string of the molecule is O=C(NCC(=O)N1CCN(C(=O)Cc2c[nH]c3ccccc23)CC1)c1cc(-c2ccccc2)on1. The number of aromatic nitrogens is 2. The van der Waals surface area contributed by atoms with E-state index >= 15 is 0 Å². The largest absolute Gasteiger partial charge is 0.361 e. The number of carbonyl (C=O) groups excluding carboxylic acids is 3. The van der Waals surface area contributed by atoms with Gasteiger partial charge in [-0.05, 0) is 11.6 Å². The second-order valence-electron chi connectivity index (χ2n) is 8.42. The van der Waals surface area contributed by atoms with Gasteiger partial charge in [-0.1, -0.05) is 53.7 Å². The number of hydrogen-bond acceptors (Lipinski definition) is 5. The summed E-state index contributed by atoms with van der Waals surface area (Å²) in [4.78, 5) is 44.4. The van der Waals surface area contributed by atoms with Crippen LogP contribution in [-0.4, -0.2) is 70.4 Å². The number of nitrogens with one attached hydrogen (secondary N) is 2. The molecule has 1 fully saturated rings. The molecule has 1 aliphatic rings. The van der Waals surface area contributed by atoms with E-state index in [4.69, 9.17) is 4.52 Å². The van der Waals surface area contributed by atoms with Crippen LogP contribution in [0.5, 0.6) is 0 Å². The molecule has 35 heavy (non-hydrogen) atoms. The zero-order chi connectivity index (χ0) is 24.2. The molecule has 2 aromatic heterocycles. The number of piperazine rings is 1. The number of hydrogen-bond donors (Lipinski definition) is 2. The molecule has 0 spiro atoms. The van der Waals surface area contributed by atoms with Gasteiger partial charge in [0.05, 0.1) is 13.0 Å². The highest BCUT2D eigenvalue weighted by molar-refractivity contribution is 5.95. The molecule has 1 aliphatic heterocycles. The molecule has 3 amide bonds. The topological polar surface area (TPSA) is 112 Å². The van der Waals surface area contributed by atoms with Gasteiger partial charge in [-0.25, -0.2) is 0 Å². The number of benzene rings is 2. The number of para-hydroxylation sites is 1. The minimum Gasteiger partial charge on any atom is -0.361 e. The Kier molecular flexibility index (Phi) is 6.30. The van der Waals surface area contributed by atoms with Gasteiger partial charge in [0.1, 0.15) is 0 Å². The lowest BCUT2D eigenvalue weighted by Gasteiger charge is -2.34. The number of fused-ring (bicyclic) bond motifs is 1. The average molecular weight is 472 g/mol. The van der Waals surface area contributed by atoms with Crippen LogP contribution in [0.15, 0.2) is 71.4 Å². The predicted molar refractivity (Wildman–Crippen MR) is 129 cm³/mol. The van der Waals surface area contributed by atoms with Crippen LogP contribution < -0.4 is 5.32 Å². The van der Waals surface area contributed by atoms with Crippen LogP contribution in [-0.2, 0) is 16.0 Å². The van der Waals surface area contributed by atoms with E-state index in [1.54, 1.807) is 15.9 Å². The van der Waals surface area contributed by atoms with Crippen molar-refractivity contribution in [1.29, 1.82) is 0 Å². The van der Waals surface area contributed by atoms with Crippen molar-refractivity contribution in [1.82, 2.24) is 25.3 Å². The van der Waals surface area contributed by atoms with Crippen LogP contribution >= 0.6 is 0 Å². The monoisotopic (exact) mass is 471 g/mol. The fourth-order valence-electron chi connectivity index (χ4n) is 4.24. The highest BCUT2D eigenvalue weighted by atomic mass is 16.5. The smallest absolute Gasteiger partial charge is 0.273 e. The summed E-state index contributed by atoms with van der Waals surface area (Å²) in [5.74, 6) is -0.156. The third-order valence-corrected chi connectivity index (χ3v) is 6.20. The first-order valence-electron chi connectivity index (χ1n) is 11.5. The van der Waals surface area contributed by atoms with Crippen LogP contribution in [0.2, 0.25) is 0 Å². The molecule has 4 aromatic rings. The van der Waals surface area contributed by atoms with Gasteiger partial charge in [0, 0.05) is 54.9 Å². The molecule has 0 atom stereocenters. The van der Waals surface area contributed by atoms with Crippen molar-refractivity contribution < 1.29 is 18.9 Å². The third kappa shape index (κ3) is 4.93. The van der Waals surface area contributed by atoms with Crippen molar-refractivity contribution in [3.8, 4) is 11.3 Å². The lowest BCUT2D eigenvalue weighted by molar-refractivity contribution is -0.138. The molecule has 2 aromatic carbocycles. The summed E-state index contributed by atoms with van der Waals surface area (Å²) < 4.78 is 5.24. The average Bonchev–Trinajstić information content (AvgIpc) is 3.56. The van der Waals surface area contributed by atoms with Gasteiger partial charge in [0.15, 0.2) is 11.5 Å². The summed E-state index contributed by atoms with van der Waals surface area (Å²) in [6, 6.07) is 18.8. The summed E-state index contributed by atoms with van der Waals surface area (Å²) in [7, 11) is 0. The highest BCUT2D eigenvalue weighted by Gasteiger charge is 2.25. The Hall–Kier alpha value is -4.40. The fourth-order valence-corrected chi connectivity index (χ4v) is 4.24. The van der Waals surface area contributed by atoms with Crippen molar-refractivity contribution >= 4 is 28.6 Å². The molecule has 9 heteroatoms. The van der Waals surface area contributed by atoms with Crippen LogP contribution in [0.1, 0.15) is 16.1 Å². The van der Waals surface area contributed by atoms with E-state index in [9.17, 15) is 14.4 Å². The maximum Gasteiger partial charge on any atom is 0.273 e. The standard InChI is InChI=1S/C26H25N5O4/c32-24(14-19-16-27-21-9-5-4-8-20(19)21)30-10-12-31(13-11-30)25(33)17-28-26(34)22-15-23(35-29-22)18-6-2-1-3-7-18/h1-9,15-16,27H,10-14,17H2,(H,28,34).